The van der Waals surface area contributed by atoms with Crippen molar-refractivity contribution in [3.63, 3.8) is 0 Å². The molecule has 51 valence electrons. The molecule has 1 saturated heterocycles. The molecule has 1 rings (SSSR count). The Bertz CT molecular complexity index is 127. The molecular weight excluding hydrogens is 118 g/mol. The van der Waals surface area contributed by atoms with Crippen LogP contribution in [0, 0.1) is 0 Å². The molecule has 0 aromatic heterocycles. The summed E-state index contributed by atoms with van der Waals surface area (Å²) in [6.07, 6.45) is 1.62. The topological polar surface area (TPSA) is 51.4 Å². The quantitative estimate of drug-likeness (QED) is 0.549. The molecule has 0 amide bonds. The number of rotatable bonds is 1. The van der Waals surface area contributed by atoms with Gasteiger partial charge in [-0.25, -0.2) is 5.32 Å². The van der Waals surface area contributed by atoms with Gasteiger partial charge in [0.05, 0.1) is 0 Å². The average molecular weight is 128 g/mol. The lowest BCUT2D eigenvalue weighted by molar-refractivity contribution is -0.143. The third kappa shape index (κ3) is 1.05. The van der Waals surface area contributed by atoms with Crippen LogP contribution in [0.2, 0.25) is 0 Å². The molecule has 0 aliphatic carbocycles. The molecule has 3 heteroatoms. The van der Waals surface area contributed by atoms with E-state index in [1.807, 2.05) is 0 Å². The number of hydrogen-bond donors (Lipinski definition) is 1. The third-order valence-corrected chi connectivity index (χ3v) is 1.74. The first kappa shape index (κ1) is 6.55. The van der Waals surface area contributed by atoms with Gasteiger partial charge in [0.15, 0.2) is 0 Å². The lowest BCUT2D eigenvalue weighted by atomic mass is 10.0. The SMILES string of the molecule is CC1(C(=O)O)CCC[N]1. The highest BCUT2D eigenvalue weighted by Crippen LogP contribution is 2.19. The summed E-state index contributed by atoms with van der Waals surface area (Å²) in [5.41, 5.74) is -0.764. The Labute approximate surface area is 54.1 Å². The van der Waals surface area contributed by atoms with Gasteiger partial charge in [-0.3, -0.25) is 4.79 Å². The number of hydrogen-bond acceptors (Lipinski definition) is 1. The number of aliphatic carboxylic acids is 1. The highest BCUT2D eigenvalue weighted by Gasteiger charge is 2.36. The highest BCUT2D eigenvalue weighted by molar-refractivity contribution is 5.78. The third-order valence-electron chi connectivity index (χ3n) is 1.74. The summed E-state index contributed by atoms with van der Waals surface area (Å²) < 4.78 is 0. The molecule has 1 heterocycles. The van der Waals surface area contributed by atoms with Crippen molar-refractivity contribution >= 4 is 5.97 Å². The zero-order valence-corrected chi connectivity index (χ0v) is 5.42. The average Bonchev–Trinajstić information content (AvgIpc) is 2.16. The van der Waals surface area contributed by atoms with E-state index in [2.05, 4.69) is 5.32 Å². The first-order valence-electron chi connectivity index (χ1n) is 3.07. The second-order valence-electron chi connectivity index (χ2n) is 2.56. The molecule has 1 fully saturated rings. The van der Waals surface area contributed by atoms with Crippen molar-refractivity contribution in [1.29, 1.82) is 0 Å². The van der Waals surface area contributed by atoms with E-state index in [1.54, 1.807) is 6.92 Å². The Kier molecular flexibility index (Phi) is 1.45. The summed E-state index contributed by atoms with van der Waals surface area (Å²) in [7, 11) is 0. The van der Waals surface area contributed by atoms with E-state index >= 15 is 0 Å². The normalized spacial score (nSPS) is 34.8. The fourth-order valence-electron chi connectivity index (χ4n) is 1.00. The summed E-state index contributed by atoms with van der Waals surface area (Å²) in [6.45, 7) is 2.38. The summed E-state index contributed by atoms with van der Waals surface area (Å²) in [5.74, 6) is -0.792. The van der Waals surface area contributed by atoms with Crippen LogP contribution < -0.4 is 5.32 Å². The molecule has 1 unspecified atom stereocenters. The molecule has 0 bridgehead atoms. The van der Waals surface area contributed by atoms with Gasteiger partial charge in [0, 0.05) is 6.54 Å². The molecule has 0 aromatic rings. The van der Waals surface area contributed by atoms with E-state index in [-0.39, 0.29) is 0 Å². The van der Waals surface area contributed by atoms with Crippen LogP contribution in [0.4, 0.5) is 0 Å². The molecule has 1 radical (unpaired) electrons. The van der Waals surface area contributed by atoms with Gasteiger partial charge >= 0.3 is 5.97 Å². The minimum atomic E-state index is -0.792. The van der Waals surface area contributed by atoms with Crippen LogP contribution in [0.15, 0.2) is 0 Å². The predicted molar refractivity (Wildman–Crippen MR) is 32.3 cm³/mol. The van der Waals surface area contributed by atoms with Gasteiger partial charge in [-0.15, -0.1) is 0 Å². The number of carboxylic acid groups (broad SMARTS) is 1. The van der Waals surface area contributed by atoms with Gasteiger partial charge in [-0.05, 0) is 19.8 Å². The number of carboxylic acids is 1. The van der Waals surface area contributed by atoms with Crippen LogP contribution in [-0.2, 0) is 4.79 Å². The van der Waals surface area contributed by atoms with E-state index < -0.39 is 11.5 Å². The fourth-order valence-corrected chi connectivity index (χ4v) is 1.00. The molecule has 1 aliphatic heterocycles. The predicted octanol–water partition coefficient (Wildman–Crippen LogP) is 0.228. The second-order valence-corrected chi connectivity index (χ2v) is 2.56. The van der Waals surface area contributed by atoms with Crippen LogP contribution in [-0.4, -0.2) is 23.2 Å². The summed E-state index contributed by atoms with van der Waals surface area (Å²) >= 11 is 0. The summed E-state index contributed by atoms with van der Waals surface area (Å²) in [4.78, 5) is 10.4. The van der Waals surface area contributed by atoms with Crippen molar-refractivity contribution in [2.45, 2.75) is 25.3 Å². The largest absolute Gasteiger partial charge is 0.480 e. The second kappa shape index (κ2) is 1.99. The van der Waals surface area contributed by atoms with E-state index in [9.17, 15) is 4.79 Å². The zero-order valence-electron chi connectivity index (χ0n) is 5.42. The molecule has 0 spiro atoms. The summed E-state index contributed by atoms with van der Waals surface area (Å²) in [6, 6.07) is 0. The van der Waals surface area contributed by atoms with Crippen LogP contribution in [0.1, 0.15) is 19.8 Å². The van der Waals surface area contributed by atoms with Crippen LogP contribution in [0.25, 0.3) is 0 Å². The van der Waals surface area contributed by atoms with Crippen molar-refractivity contribution in [2.75, 3.05) is 6.54 Å². The minimum Gasteiger partial charge on any atom is -0.480 e. The van der Waals surface area contributed by atoms with Gasteiger partial charge in [0.1, 0.15) is 5.54 Å². The maximum atomic E-state index is 10.4. The Morgan fingerprint density at radius 2 is 2.44 bits per heavy atom. The zero-order chi connectivity index (χ0) is 6.91. The number of carbonyl (C=O) groups is 1. The van der Waals surface area contributed by atoms with Crippen molar-refractivity contribution in [3.05, 3.63) is 0 Å². The molecule has 1 aliphatic rings. The van der Waals surface area contributed by atoms with Gasteiger partial charge in [0.25, 0.3) is 0 Å². The first-order chi connectivity index (χ1) is 4.15. The van der Waals surface area contributed by atoms with Crippen LogP contribution >= 0.6 is 0 Å². The molecule has 0 saturated carbocycles. The molecular formula is C6H10NO2. The van der Waals surface area contributed by atoms with E-state index in [0.29, 0.717) is 13.0 Å². The van der Waals surface area contributed by atoms with Crippen LogP contribution in [0.3, 0.4) is 0 Å². The lowest BCUT2D eigenvalue weighted by Crippen LogP contribution is -2.39. The standard InChI is InChI=1S/C6H10NO2/c1-6(5(8)9)3-2-4-7-6/h2-4H2,1H3,(H,8,9). The van der Waals surface area contributed by atoms with E-state index in [4.69, 9.17) is 5.11 Å². The van der Waals surface area contributed by atoms with Gasteiger partial charge in [-0.1, -0.05) is 0 Å². The highest BCUT2D eigenvalue weighted by atomic mass is 16.4. The first-order valence-corrected chi connectivity index (χ1v) is 3.07. The monoisotopic (exact) mass is 128 g/mol. The van der Waals surface area contributed by atoms with Crippen molar-refractivity contribution in [2.24, 2.45) is 0 Å². The van der Waals surface area contributed by atoms with Crippen molar-refractivity contribution < 1.29 is 9.90 Å². The number of nitrogens with zero attached hydrogens (tertiary/aromatic N) is 1. The molecule has 3 nitrogen and oxygen atoms in total. The van der Waals surface area contributed by atoms with Crippen LogP contribution in [0.5, 0.6) is 0 Å². The molecule has 1 atom stereocenters. The Morgan fingerprint density at radius 1 is 1.78 bits per heavy atom. The Hall–Kier alpha value is -0.570. The molecule has 1 N–H and O–H groups in total. The van der Waals surface area contributed by atoms with Gasteiger partial charge in [0.2, 0.25) is 0 Å². The van der Waals surface area contributed by atoms with Gasteiger partial charge < -0.3 is 5.11 Å². The molecule has 0 aromatic carbocycles. The lowest BCUT2D eigenvalue weighted by Gasteiger charge is -2.14. The van der Waals surface area contributed by atoms with Gasteiger partial charge in [-0.2, -0.15) is 0 Å². The smallest absolute Gasteiger partial charge is 0.325 e. The van der Waals surface area contributed by atoms with E-state index in [0.717, 1.165) is 6.42 Å². The Morgan fingerprint density at radius 3 is 2.67 bits per heavy atom. The maximum absolute atomic E-state index is 10.4. The Balaban J connectivity index is 2.61. The minimum absolute atomic E-state index is 0.697. The maximum Gasteiger partial charge on any atom is 0.325 e. The van der Waals surface area contributed by atoms with E-state index in [1.165, 1.54) is 0 Å². The fraction of sp³-hybridized carbons (Fsp3) is 0.833. The van der Waals surface area contributed by atoms with Crippen molar-refractivity contribution in [1.82, 2.24) is 5.32 Å². The summed E-state index contributed by atoms with van der Waals surface area (Å²) in [5, 5.41) is 12.5. The van der Waals surface area contributed by atoms with Crippen molar-refractivity contribution in [3.8, 4) is 0 Å². The molecule has 9 heavy (non-hydrogen) atoms.